The molecule has 3 heteroatoms. The number of hydrogen-bond acceptors (Lipinski definition) is 3. The number of ether oxygens (including phenoxy) is 1. The molecule has 0 bridgehead atoms. The lowest BCUT2D eigenvalue weighted by atomic mass is 10.1. The zero-order chi connectivity index (χ0) is 13.0. The van der Waals surface area contributed by atoms with Gasteiger partial charge in [0.1, 0.15) is 12.4 Å². The number of aryl methyl sites for hydroxylation is 1. The van der Waals surface area contributed by atoms with Crippen LogP contribution in [0.2, 0.25) is 0 Å². The summed E-state index contributed by atoms with van der Waals surface area (Å²) in [5.74, 6) is 0.894. The van der Waals surface area contributed by atoms with E-state index in [2.05, 4.69) is 19.1 Å². The van der Waals surface area contributed by atoms with Crippen molar-refractivity contribution in [1.82, 2.24) is 0 Å². The molecule has 1 aromatic carbocycles. The predicted octanol–water partition coefficient (Wildman–Crippen LogP) is 3.91. The first-order valence-corrected chi connectivity index (χ1v) is 7.06. The predicted molar refractivity (Wildman–Crippen MR) is 77.1 cm³/mol. The van der Waals surface area contributed by atoms with Crippen molar-refractivity contribution in [3.8, 4) is 5.75 Å². The smallest absolute Gasteiger partial charge is 0.122 e. The first kappa shape index (κ1) is 13.1. The zero-order valence-electron chi connectivity index (χ0n) is 10.8. The van der Waals surface area contributed by atoms with Crippen molar-refractivity contribution in [3.05, 3.63) is 51.7 Å². The van der Waals surface area contributed by atoms with E-state index in [0.29, 0.717) is 6.61 Å². The quantitative estimate of drug-likeness (QED) is 0.885. The van der Waals surface area contributed by atoms with Crippen molar-refractivity contribution < 1.29 is 4.74 Å². The first-order chi connectivity index (χ1) is 8.69. The van der Waals surface area contributed by atoms with Gasteiger partial charge >= 0.3 is 0 Å². The van der Waals surface area contributed by atoms with Crippen molar-refractivity contribution in [2.45, 2.75) is 32.9 Å². The molecule has 0 saturated heterocycles. The summed E-state index contributed by atoms with van der Waals surface area (Å²) in [6.07, 6.45) is 1.09. The van der Waals surface area contributed by atoms with Gasteiger partial charge in [-0.15, -0.1) is 11.3 Å². The third-order valence-corrected chi connectivity index (χ3v) is 4.06. The number of benzene rings is 1. The van der Waals surface area contributed by atoms with E-state index >= 15 is 0 Å². The van der Waals surface area contributed by atoms with Gasteiger partial charge in [0, 0.05) is 15.8 Å². The van der Waals surface area contributed by atoms with Crippen molar-refractivity contribution in [2.75, 3.05) is 0 Å². The molecule has 2 nitrogen and oxygen atoms in total. The summed E-state index contributed by atoms with van der Waals surface area (Å²) in [5.41, 5.74) is 6.94. The normalized spacial score (nSPS) is 12.4. The van der Waals surface area contributed by atoms with Crippen LogP contribution in [-0.4, -0.2) is 0 Å². The fourth-order valence-corrected chi connectivity index (χ4v) is 2.58. The Morgan fingerprint density at radius 3 is 2.33 bits per heavy atom. The summed E-state index contributed by atoms with van der Waals surface area (Å²) in [4.78, 5) is 2.67. The maximum absolute atomic E-state index is 5.81. The van der Waals surface area contributed by atoms with Crippen LogP contribution in [0.1, 0.15) is 35.2 Å². The monoisotopic (exact) mass is 261 g/mol. The molecule has 18 heavy (non-hydrogen) atoms. The van der Waals surface area contributed by atoms with Gasteiger partial charge in [0.25, 0.3) is 0 Å². The molecule has 0 spiro atoms. The number of hydrogen-bond donors (Lipinski definition) is 1. The minimum atomic E-state index is 0.0726. The number of nitrogens with two attached hydrogens (primary N) is 1. The highest BCUT2D eigenvalue weighted by atomic mass is 32.1. The van der Waals surface area contributed by atoms with Gasteiger partial charge in [0.05, 0.1) is 0 Å². The molecule has 0 fully saturated rings. The highest BCUT2D eigenvalue weighted by Gasteiger charge is 2.02. The molecule has 0 unspecified atom stereocenters. The molecule has 96 valence electrons. The Labute approximate surface area is 112 Å². The van der Waals surface area contributed by atoms with E-state index in [1.807, 2.05) is 42.5 Å². The van der Waals surface area contributed by atoms with Gasteiger partial charge in [0.2, 0.25) is 0 Å². The molecule has 2 rings (SSSR count). The van der Waals surface area contributed by atoms with Gasteiger partial charge in [-0.1, -0.05) is 19.1 Å². The van der Waals surface area contributed by atoms with E-state index < -0.39 is 0 Å². The molecule has 0 aliphatic rings. The molecule has 1 atom stereocenters. The Kier molecular flexibility index (Phi) is 4.39. The van der Waals surface area contributed by atoms with Crippen LogP contribution in [0.4, 0.5) is 0 Å². The van der Waals surface area contributed by atoms with Crippen LogP contribution < -0.4 is 10.5 Å². The lowest BCUT2D eigenvalue weighted by molar-refractivity contribution is 0.309. The average Bonchev–Trinajstić information content (AvgIpc) is 2.85. The highest BCUT2D eigenvalue weighted by molar-refractivity contribution is 7.11. The molecule has 2 aromatic rings. The topological polar surface area (TPSA) is 35.2 Å². The maximum atomic E-state index is 5.81. The lowest BCUT2D eigenvalue weighted by Gasteiger charge is -2.08. The van der Waals surface area contributed by atoms with E-state index in [-0.39, 0.29) is 6.04 Å². The molecular formula is C15H19NOS. The van der Waals surface area contributed by atoms with E-state index in [0.717, 1.165) is 17.7 Å². The van der Waals surface area contributed by atoms with Crippen LogP contribution in [0.15, 0.2) is 36.4 Å². The summed E-state index contributed by atoms with van der Waals surface area (Å²) in [7, 11) is 0. The van der Waals surface area contributed by atoms with E-state index in [4.69, 9.17) is 10.5 Å². The number of rotatable bonds is 5. The summed E-state index contributed by atoms with van der Waals surface area (Å²) in [6.45, 7) is 4.79. The standard InChI is InChI=1S/C15H19NOS/c1-3-14-8-9-15(18-14)10-17-13-6-4-12(5-7-13)11(2)16/h4-9,11H,3,10,16H2,1-2H3/t11-/m1/s1. The maximum Gasteiger partial charge on any atom is 0.122 e. The Hall–Kier alpha value is -1.32. The second-order valence-electron chi connectivity index (χ2n) is 4.37. The second kappa shape index (κ2) is 6.03. The number of thiophene rings is 1. The highest BCUT2D eigenvalue weighted by Crippen LogP contribution is 2.21. The van der Waals surface area contributed by atoms with Gasteiger partial charge in [-0.25, -0.2) is 0 Å². The van der Waals surface area contributed by atoms with Crippen LogP contribution >= 0.6 is 11.3 Å². The molecule has 0 amide bonds. The van der Waals surface area contributed by atoms with Crippen LogP contribution in [-0.2, 0) is 13.0 Å². The summed E-state index contributed by atoms with van der Waals surface area (Å²) in [6, 6.07) is 12.4. The van der Waals surface area contributed by atoms with Crippen LogP contribution in [0, 0.1) is 0 Å². The van der Waals surface area contributed by atoms with Crippen LogP contribution in [0.25, 0.3) is 0 Å². The fourth-order valence-electron chi connectivity index (χ4n) is 1.71. The summed E-state index contributed by atoms with van der Waals surface area (Å²) >= 11 is 1.82. The average molecular weight is 261 g/mol. The van der Waals surface area contributed by atoms with Crippen molar-refractivity contribution >= 4 is 11.3 Å². The van der Waals surface area contributed by atoms with Crippen molar-refractivity contribution in [3.63, 3.8) is 0 Å². The molecule has 0 aliphatic carbocycles. The third-order valence-electron chi connectivity index (χ3n) is 2.85. The third kappa shape index (κ3) is 3.34. The van der Waals surface area contributed by atoms with E-state index in [1.54, 1.807) is 0 Å². The minimum absolute atomic E-state index is 0.0726. The molecule has 0 radical (unpaired) electrons. The Balaban J connectivity index is 1.93. The molecule has 1 aromatic heterocycles. The van der Waals surface area contributed by atoms with Crippen molar-refractivity contribution in [2.24, 2.45) is 5.73 Å². The SMILES string of the molecule is CCc1ccc(COc2ccc([C@@H](C)N)cc2)s1. The Morgan fingerprint density at radius 2 is 1.78 bits per heavy atom. The summed E-state index contributed by atoms with van der Waals surface area (Å²) < 4.78 is 5.75. The van der Waals surface area contributed by atoms with Gasteiger partial charge in [-0.3, -0.25) is 0 Å². The molecule has 1 heterocycles. The second-order valence-corrected chi connectivity index (χ2v) is 5.62. The molecule has 0 aliphatic heterocycles. The Bertz CT molecular complexity index is 487. The van der Waals surface area contributed by atoms with Gasteiger partial charge in [0.15, 0.2) is 0 Å². The van der Waals surface area contributed by atoms with Gasteiger partial charge in [-0.2, -0.15) is 0 Å². The van der Waals surface area contributed by atoms with E-state index in [9.17, 15) is 0 Å². The zero-order valence-corrected chi connectivity index (χ0v) is 11.7. The minimum Gasteiger partial charge on any atom is -0.488 e. The first-order valence-electron chi connectivity index (χ1n) is 6.25. The van der Waals surface area contributed by atoms with E-state index in [1.165, 1.54) is 9.75 Å². The van der Waals surface area contributed by atoms with Crippen molar-refractivity contribution in [1.29, 1.82) is 0 Å². The van der Waals surface area contributed by atoms with Crippen LogP contribution in [0.5, 0.6) is 5.75 Å². The molecule has 2 N–H and O–H groups in total. The van der Waals surface area contributed by atoms with Crippen LogP contribution in [0.3, 0.4) is 0 Å². The molecular weight excluding hydrogens is 242 g/mol. The lowest BCUT2D eigenvalue weighted by Crippen LogP contribution is -2.04. The van der Waals surface area contributed by atoms with Gasteiger partial charge < -0.3 is 10.5 Å². The fraction of sp³-hybridized carbons (Fsp3) is 0.333. The Morgan fingerprint density at radius 1 is 1.11 bits per heavy atom. The summed E-state index contributed by atoms with van der Waals surface area (Å²) in [5, 5.41) is 0. The molecule has 0 saturated carbocycles. The largest absolute Gasteiger partial charge is 0.488 e. The van der Waals surface area contributed by atoms with Gasteiger partial charge in [-0.05, 0) is 43.2 Å².